The molecule has 2 aromatic rings. The first kappa shape index (κ1) is 10.2. The van der Waals surface area contributed by atoms with Crippen molar-refractivity contribution in [1.29, 1.82) is 0 Å². The predicted molar refractivity (Wildman–Crippen MR) is 69.6 cm³/mol. The van der Waals surface area contributed by atoms with Crippen LogP contribution in [0.5, 0.6) is 5.75 Å². The number of ether oxygens (including phenoxy) is 1. The summed E-state index contributed by atoms with van der Waals surface area (Å²) in [6.07, 6.45) is 5.57. The molecule has 0 amide bonds. The van der Waals surface area contributed by atoms with Gasteiger partial charge >= 0.3 is 0 Å². The van der Waals surface area contributed by atoms with Gasteiger partial charge in [0.2, 0.25) is 0 Å². The Bertz CT molecular complexity index is 494. The Morgan fingerprint density at radius 3 is 2.75 bits per heavy atom. The van der Waals surface area contributed by atoms with Crippen molar-refractivity contribution in [3.8, 4) is 5.75 Å². The molecule has 0 radical (unpaired) electrons. The van der Waals surface area contributed by atoms with Gasteiger partial charge in [0.15, 0.2) is 0 Å². The van der Waals surface area contributed by atoms with Crippen LogP contribution in [0.3, 0.4) is 0 Å². The van der Waals surface area contributed by atoms with Crippen molar-refractivity contribution in [3.05, 3.63) is 29.1 Å². The molecule has 1 fully saturated rings. The number of hydrogen-bond donors (Lipinski definition) is 0. The van der Waals surface area contributed by atoms with Gasteiger partial charge in [0.25, 0.3) is 0 Å². The van der Waals surface area contributed by atoms with E-state index in [0.717, 1.165) is 11.7 Å². The first-order valence-corrected chi connectivity index (χ1v) is 6.76. The van der Waals surface area contributed by atoms with Gasteiger partial charge < -0.3 is 4.74 Å². The van der Waals surface area contributed by atoms with E-state index in [1.807, 2.05) is 17.4 Å². The molecule has 84 valence electrons. The van der Waals surface area contributed by atoms with Gasteiger partial charge in [0.1, 0.15) is 5.75 Å². The second kappa shape index (κ2) is 4.10. The molecule has 1 aromatic heterocycles. The summed E-state index contributed by atoms with van der Waals surface area (Å²) < 4.78 is 6.63. The van der Waals surface area contributed by atoms with E-state index in [1.165, 1.54) is 35.8 Å². The minimum absolute atomic E-state index is 0.823. The fourth-order valence-corrected chi connectivity index (χ4v) is 3.83. The van der Waals surface area contributed by atoms with E-state index in [9.17, 15) is 0 Å². The Balaban J connectivity index is 2.01. The molecule has 1 heterocycles. The van der Waals surface area contributed by atoms with Crippen molar-refractivity contribution in [3.63, 3.8) is 0 Å². The molecule has 3 rings (SSSR count). The fourth-order valence-electron chi connectivity index (χ4n) is 2.57. The van der Waals surface area contributed by atoms with E-state index >= 15 is 0 Å². The highest BCUT2D eigenvalue weighted by molar-refractivity contribution is 7.19. The number of fused-ring (bicyclic) bond motifs is 1. The minimum atomic E-state index is 0.823. The first-order valence-electron chi connectivity index (χ1n) is 5.94. The quantitative estimate of drug-likeness (QED) is 0.737. The Kier molecular flexibility index (Phi) is 2.60. The lowest BCUT2D eigenvalue weighted by molar-refractivity contribution is 0.415. The smallest absolute Gasteiger partial charge is 0.120 e. The van der Waals surface area contributed by atoms with Crippen LogP contribution < -0.4 is 4.74 Å². The van der Waals surface area contributed by atoms with Crippen molar-refractivity contribution in [2.75, 3.05) is 7.11 Å². The molecule has 1 aromatic carbocycles. The molecule has 1 aliphatic carbocycles. The second-order valence-corrected chi connectivity index (χ2v) is 5.65. The number of hydrogen-bond acceptors (Lipinski definition) is 2. The summed E-state index contributed by atoms with van der Waals surface area (Å²) >= 11 is 1.94. The standard InChI is InChI=1S/C14H16OS/c1-15-12-7-6-11-8-13(16-14(11)9-12)10-4-2-3-5-10/h6-10H,2-5H2,1H3. The molecule has 0 unspecified atom stereocenters. The molecule has 0 aliphatic heterocycles. The van der Waals surface area contributed by atoms with Crippen LogP contribution in [-0.2, 0) is 0 Å². The van der Waals surface area contributed by atoms with Gasteiger partial charge in [-0.3, -0.25) is 0 Å². The summed E-state index contributed by atoms with van der Waals surface area (Å²) in [7, 11) is 1.73. The third-order valence-electron chi connectivity index (χ3n) is 3.50. The van der Waals surface area contributed by atoms with E-state index < -0.39 is 0 Å². The Morgan fingerprint density at radius 1 is 1.19 bits per heavy atom. The lowest BCUT2D eigenvalue weighted by Crippen LogP contribution is -1.85. The maximum absolute atomic E-state index is 5.26. The highest BCUT2D eigenvalue weighted by Gasteiger charge is 2.19. The summed E-state index contributed by atoms with van der Waals surface area (Å²) in [6.45, 7) is 0. The molecule has 0 N–H and O–H groups in total. The molecule has 0 bridgehead atoms. The predicted octanol–water partition coefficient (Wildman–Crippen LogP) is 4.57. The van der Waals surface area contributed by atoms with Crippen LogP contribution in [0.2, 0.25) is 0 Å². The van der Waals surface area contributed by atoms with E-state index in [2.05, 4.69) is 18.2 Å². The number of methoxy groups -OCH3 is 1. The van der Waals surface area contributed by atoms with Crippen LogP contribution in [0, 0.1) is 0 Å². The Labute approximate surface area is 100 Å². The third-order valence-corrected chi connectivity index (χ3v) is 4.76. The van der Waals surface area contributed by atoms with Gasteiger partial charge in [0.05, 0.1) is 7.11 Å². The van der Waals surface area contributed by atoms with Crippen molar-refractivity contribution in [2.45, 2.75) is 31.6 Å². The monoisotopic (exact) mass is 232 g/mol. The van der Waals surface area contributed by atoms with Gasteiger partial charge in [0, 0.05) is 9.58 Å². The van der Waals surface area contributed by atoms with Gasteiger partial charge in [-0.15, -0.1) is 11.3 Å². The van der Waals surface area contributed by atoms with E-state index in [-0.39, 0.29) is 0 Å². The van der Waals surface area contributed by atoms with E-state index in [0.29, 0.717) is 0 Å². The molecular formula is C14H16OS. The zero-order valence-corrected chi connectivity index (χ0v) is 10.3. The molecule has 0 saturated heterocycles. The topological polar surface area (TPSA) is 9.23 Å². The summed E-state index contributed by atoms with van der Waals surface area (Å²) in [5, 5.41) is 1.37. The number of rotatable bonds is 2. The molecular weight excluding hydrogens is 216 g/mol. The maximum Gasteiger partial charge on any atom is 0.120 e. The van der Waals surface area contributed by atoms with Crippen LogP contribution in [-0.4, -0.2) is 7.11 Å². The van der Waals surface area contributed by atoms with E-state index in [1.54, 1.807) is 12.0 Å². The highest BCUT2D eigenvalue weighted by atomic mass is 32.1. The van der Waals surface area contributed by atoms with Crippen molar-refractivity contribution < 1.29 is 4.74 Å². The average molecular weight is 232 g/mol. The number of benzene rings is 1. The summed E-state index contributed by atoms with van der Waals surface area (Å²) in [5.41, 5.74) is 0. The van der Waals surface area contributed by atoms with Gasteiger partial charge in [-0.2, -0.15) is 0 Å². The molecule has 2 heteroatoms. The fraction of sp³-hybridized carbons (Fsp3) is 0.429. The van der Waals surface area contributed by atoms with Crippen LogP contribution in [0.1, 0.15) is 36.5 Å². The lowest BCUT2D eigenvalue weighted by atomic mass is 10.1. The maximum atomic E-state index is 5.26. The van der Waals surface area contributed by atoms with Gasteiger partial charge in [-0.1, -0.05) is 12.8 Å². The highest BCUT2D eigenvalue weighted by Crippen LogP contribution is 2.40. The second-order valence-electron chi connectivity index (χ2n) is 4.53. The normalized spacial score (nSPS) is 17.1. The minimum Gasteiger partial charge on any atom is -0.497 e. The van der Waals surface area contributed by atoms with Crippen molar-refractivity contribution in [2.24, 2.45) is 0 Å². The number of thiophene rings is 1. The lowest BCUT2D eigenvalue weighted by Gasteiger charge is -2.03. The van der Waals surface area contributed by atoms with E-state index in [4.69, 9.17) is 4.74 Å². The third kappa shape index (κ3) is 1.71. The molecule has 1 aliphatic rings. The molecule has 1 nitrogen and oxygen atoms in total. The Hall–Kier alpha value is -1.02. The SMILES string of the molecule is COc1ccc2cc(C3CCCC3)sc2c1. The van der Waals surface area contributed by atoms with Crippen molar-refractivity contribution in [1.82, 2.24) is 0 Å². The summed E-state index contributed by atoms with van der Waals surface area (Å²) in [5.74, 6) is 1.79. The van der Waals surface area contributed by atoms with Gasteiger partial charge in [-0.05, 0) is 48.4 Å². The van der Waals surface area contributed by atoms with Crippen LogP contribution in [0.15, 0.2) is 24.3 Å². The molecule has 0 spiro atoms. The summed E-state index contributed by atoms with van der Waals surface area (Å²) in [6, 6.07) is 8.74. The molecule has 1 saturated carbocycles. The van der Waals surface area contributed by atoms with Crippen LogP contribution >= 0.6 is 11.3 Å². The summed E-state index contributed by atoms with van der Waals surface area (Å²) in [4.78, 5) is 1.57. The zero-order valence-electron chi connectivity index (χ0n) is 9.53. The first-order chi connectivity index (χ1) is 7.86. The van der Waals surface area contributed by atoms with Crippen LogP contribution in [0.4, 0.5) is 0 Å². The largest absolute Gasteiger partial charge is 0.497 e. The molecule has 0 atom stereocenters. The molecule has 16 heavy (non-hydrogen) atoms. The van der Waals surface area contributed by atoms with Gasteiger partial charge in [-0.25, -0.2) is 0 Å². The Morgan fingerprint density at radius 2 is 2.00 bits per heavy atom. The average Bonchev–Trinajstić information content (AvgIpc) is 2.96. The van der Waals surface area contributed by atoms with Crippen molar-refractivity contribution >= 4 is 21.4 Å². The van der Waals surface area contributed by atoms with Crippen LogP contribution in [0.25, 0.3) is 10.1 Å². The zero-order chi connectivity index (χ0) is 11.0.